The Morgan fingerprint density at radius 1 is 1.33 bits per heavy atom. The number of anilines is 1. The second kappa shape index (κ2) is 6.16. The lowest BCUT2D eigenvalue weighted by Crippen LogP contribution is -2.18. The van der Waals surface area contributed by atoms with Gasteiger partial charge in [0.1, 0.15) is 0 Å². The molecule has 0 amide bonds. The minimum Gasteiger partial charge on any atom is -0.399 e. The van der Waals surface area contributed by atoms with Gasteiger partial charge < -0.3 is 11.1 Å². The first-order valence-corrected chi connectivity index (χ1v) is 8.14. The fourth-order valence-corrected chi connectivity index (χ4v) is 3.35. The molecular formula is C17H25N3S. The maximum atomic E-state index is 5.82. The Labute approximate surface area is 131 Å². The van der Waals surface area contributed by atoms with Gasteiger partial charge in [0.15, 0.2) is 0 Å². The Morgan fingerprint density at radius 2 is 2.05 bits per heavy atom. The van der Waals surface area contributed by atoms with E-state index < -0.39 is 0 Å². The molecule has 0 saturated heterocycles. The predicted molar refractivity (Wildman–Crippen MR) is 91.7 cm³/mol. The lowest BCUT2D eigenvalue weighted by atomic mass is 9.98. The molecule has 3 N–H and O–H groups in total. The number of nitrogens with zero attached hydrogens (tertiary/aromatic N) is 1. The van der Waals surface area contributed by atoms with Gasteiger partial charge in [-0.2, -0.15) is 0 Å². The Hall–Kier alpha value is -1.39. The fraction of sp³-hybridized carbons (Fsp3) is 0.471. The molecule has 0 aliphatic heterocycles. The van der Waals surface area contributed by atoms with Crippen LogP contribution in [0.5, 0.6) is 0 Å². The number of nitrogens with one attached hydrogen (secondary N) is 1. The second-order valence-electron chi connectivity index (χ2n) is 6.57. The third-order valence-corrected chi connectivity index (χ3v) is 5.20. The molecule has 1 aromatic heterocycles. The van der Waals surface area contributed by atoms with E-state index in [1.165, 1.54) is 15.4 Å². The lowest BCUT2D eigenvalue weighted by Gasteiger charge is -2.15. The summed E-state index contributed by atoms with van der Waals surface area (Å²) in [6, 6.07) is 8.30. The quantitative estimate of drug-likeness (QED) is 0.833. The summed E-state index contributed by atoms with van der Waals surface area (Å²) in [6.07, 6.45) is 0. The monoisotopic (exact) mass is 303 g/mol. The van der Waals surface area contributed by atoms with Crippen LogP contribution in [0.4, 0.5) is 5.69 Å². The summed E-state index contributed by atoms with van der Waals surface area (Å²) in [5, 5.41) is 4.76. The molecule has 0 fully saturated rings. The molecule has 3 nitrogen and oxygen atoms in total. The summed E-state index contributed by atoms with van der Waals surface area (Å²) in [4.78, 5) is 6.05. The topological polar surface area (TPSA) is 50.9 Å². The first kappa shape index (κ1) is 16.0. The molecular weight excluding hydrogens is 278 g/mol. The van der Waals surface area contributed by atoms with Gasteiger partial charge in [-0.25, -0.2) is 4.98 Å². The van der Waals surface area contributed by atoms with E-state index in [9.17, 15) is 0 Å². The zero-order valence-electron chi connectivity index (χ0n) is 13.5. The number of thiazole rings is 1. The molecule has 1 atom stereocenters. The highest BCUT2D eigenvalue weighted by Gasteiger charge is 2.22. The van der Waals surface area contributed by atoms with Crippen molar-refractivity contribution in [3.63, 3.8) is 0 Å². The summed E-state index contributed by atoms with van der Waals surface area (Å²) in [5.41, 5.74) is 9.08. The van der Waals surface area contributed by atoms with E-state index in [0.717, 1.165) is 17.9 Å². The van der Waals surface area contributed by atoms with Crippen LogP contribution >= 0.6 is 11.3 Å². The van der Waals surface area contributed by atoms with Crippen molar-refractivity contribution in [2.45, 2.75) is 52.6 Å². The molecule has 1 unspecified atom stereocenters. The lowest BCUT2D eigenvalue weighted by molar-refractivity contribution is 0.577. The fourth-order valence-electron chi connectivity index (χ4n) is 2.20. The van der Waals surface area contributed by atoms with Crippen LogP contribution in [0.2, 0.25) is 0 Å². The molecule has 1 aromatic carbocycles. The molecule has 21 heavy (non-hydrogen) atoms. The maximum Gasteiger partial charge on any atom is 0.0985 e. The van der Waals surface area contributed by atoms with Crippen LogP contribution in [-0.2, 0) is 12.0 Å². The molecule has 0 saturated carbocycles. The molecule has 1 heterocycles. The van der Waals surface area contributed by atoms with Crippen molar-refractivity contribution in [2.24, 2.45) is 0 Å². The maximum absolute atomic E-state index is 5.82. The minimum absolute atomic E-state index is 0.112. The van der Waals surface area contributed by atoms with Crippen LogP contribution in [0.1, 0.15) is 54.9 Å². The Bertz CT molecular complexity index is 611. The number of nitrogens with two attached hydrogens (primary N) is 1. The molecule has 0 aliphatic carbocycles. The number of rotatable bonds is 4. The number of hydrogen-bond acceptors (Lipinski definition) is 4. The number of nitrogen functional groups attached to an aromatic ring is 1. The zero-order valence-corrected chi connectivity index (χ0v) is 14.3. The van der Waals surface area contributed by atoms with Gasteiger partial charge >= 0.3 is 0 Å². The van der Waals surface area contributed by atoms with Crippen molar-refractivity contribution in [2.75, 3.05) is 5.73 Å². The summed E-state index contributed by atoms with van der Waals surface area (Å²) >= 11 is 1.81. The number of hydrogen-bond donors (Lipinski definition) is 2. The van der Waals surface area contributed by atoms with Gasteiger partial charge in [0.2, 0.25) is 0 Å². The highest BCUT2D eigenvalue weighted by atomic mass is 32.1. The van der Waals surface area contributed by atoms with E-state index in [1.54, 1.807) is 0 Å². The van der Waals surface area contributed by atoms with Crippen LogP contribution in [0, 0.1) is 6.92 Å². The molecule has 0 radical (unpaired) electrons. The second-order valence-corrected chi connectivity index (χ2v) is 7.60. The van der Waals surface area contributed by atoms with E-state index >= 15 is 0 Å². The van der Waals surface area contributed by atoms with Crippen molar-refractivity contribution < 1.29 is 0 Å². The molecule has 4 heteroatoms. The molecule has 114 valence electrons. The number of benzene rings is 1. The third kappa shape index (κ3) is 4.05. The molecule has 0 bridgehead atoms. The smallest absolute Gasteiger partial charge is 0.0985 e. The summed E-state index contributed by atoms with van der Waals surface area (Å²) in [6.45, 7) is 11.7. The van der Waals surface area contributed by atoms with Crippen molar-refractivity contribution in [3.8, 4) is 0 Å². The highest BCUT2D eigenvalue weighted by Crippen LogP contribution is 2.32. The first-order valence-electron chi connectivity index (χ1n) is 7.33. The van der Waals surface area contributed by atoms with Crippen molar-refractivity contribution >= 4 is 17.0 Å². The van der Waals surface area contributed by atoms with E-state index in [0.29, 0.717) is 6.04 Å². The molecule has 0 aliphatic rings. The molecule has 0 spiro atoms. The van der Waals surface area contributed by atoms with Gasteiger partial charge in [0, 0.05) is 28.6 Å². The van der Waals surface area contributed by atoms with Crippen molar-refractivity contribution in [3.05, 3.63) is 45.4 Å². The predicted octanol–water partition coefficient (Wildman–Crippen LogP) is 4.18. The Balaban J connectivity index is 2.07. The van der Waals surface area contributed by atoms with Gasteiger partial charge in [0.05, 0.1) is 10.7 Å². The summed E-state index contributed by atoms with van der Waals surface area (Å²) in [5.74, 6) is 0. The zero-order chi connectivity index (χ0) is 15.6. The average molecular weight is 303 g/mol. The van der Waals surface area contributed by atoms with Crippen molar-refractivity contribution in [1.82, 2.24) is 10.3 Å². The van der Waals surface area contributed by atoms with Crippen molar-refractivity contribution in [1.29, 1.82) is 0 Å². The number of aromatic nitrogens is 1. The minimum atomic E-state index is 0.112. The highest BCUT2D eigenvalue weighted by molar-refractivity contribution is 7.12. The van der Waals surface area contributed by atoms with Crippen LogP contribution in [0.15, 0.2) is 24.3 Å². The van der Waals surface area contributed by atoms with E-state index in [2.05, 4.69) is 46.0 Å². The Kier molecular flexibility index (Phi) is 4.69. The average Bonchev–Trinajstić information content (AvgIpc) is 2.78. The first-order chi connectivity index (χ1) is 9.77. The Morgan fingerprint density at radius 3 is 2.62 bits per heavy atom. The number of aryl methyl sites for hydroxylation is 1. The molecule has 2 aromatic rings. The SMILES string of the molecule is Cc1nc(C(C)(C)C)sc1C(C)NCc1cccc(N)c1. The van der Waals surface area contributed by atoms with Crippen LogP contribution in [0.25, 0.3) is 0 Å². The van der Waals surface area contributed by atoms with E-state index in [-0.39, 0.29) is 5.41 Å². The van der Waals surface area contributed by atoms with E-state index in [4.69, 9.17) is 10.7 Å². The normalized spacial score (nSPS) is 13.4. The summed E-state index contributed by atoms with van der Waals surface area (Å²) < 4.78 is 0. The summed E-state index contributed by atoms with van der Waals surface area (Å²) in [7, 11) is 0. The van der Waals surface area contributed by atoms with Gasteiger partial charge in [-0.05, 0) is 31.5 Å². The largest absolute Gasteiger partial charge is 0.399 e. The van der Waals surface area contributed by atoms with Crippen LogP contribution < -0.4 is 11.1 Å². The van der Waals surface area contributed by atoms with Gasteiger partial charge in [-0.1, -0.05) is 32.9 Å². The standard InChI is InChI=1S/C17H25N3S/c1-11(19-10-13-7-6-8-14(18)9-13)15-12(2)20-16(21-15)17(3,4)5/h6-9,11,19H,10,18H2,1-5H3. The van der Waals surface area contributed by atoms with Crippen LogP contribution in [0.3, 0.4) is 0 Å². The van der Waals surface area contributed by atoms with Gasteiger partial charge in [0.25, 0.3) is 0 Å². The van der Waals surface area contributed by atoms with E-state index in [1.807, 2.05) is 29.5 Å². The molecule has 2 rings (SSSR count). The van der Waals surface area contributed by atoms with Crippen LogP contribution in [-0.4, -0.2) is 4.98 Å². The van der Waals surface area contributed by atoms with Gasteiger partial charge in [-0.3, -0.25) is 0 Å². The third-order valence-electron chi connectivity index (χ3n) is 3.43. The van der Waals surface area contributed by atoms with Gasteiger partial charge in [-0.15, -0.1) is 11.3 Å².